The molecule has 0 aliphatic rings. The van der Waals surface area contributed by atoms with Crippen LogP contribution in [0.5, 0.6) is 0 Å². The van der Waals surface area contributed by atoms with Crippen molar-refractivity contribution in [1.29, 1.82) is 5.26 Å². The molecule has 0 N–H and O–H groups in total. The third-order valence-electron chi connectivity index (χ3n) is 1.65. The molecule has 0 saturated carbocycles. The maximum atomic E-state index is 8.67. The minimum absolute atomic E-state index is 0.481. The van der Waals surface area contributed by atoms with Gasteiger partial charge in [0.15, 0.2) is 0 Å². The first-order chi connectivity index (χ1) is 5.77. The second-order valence-electron chi connectivity index (χ2n) is 2.55. The molecule has 0 spiro atoms. The van der Waals surface area contributed by atoms with Gasteiger partial charge in [-0.25, -0.2) is 0 Å². The number of nitriles is 1. The van der Waals surface area contributed by atoms with Crippen LogP contribution in [0.3, 0.4) is 0 Å². The fourth-order valence-electron chi connectivity index (χ4n) is 0.955. The van der Waals surface area contributed by atoms with Crippen LogP contribution in [0.15, 0.2) is 29.3 Å². The molecular weight excluding hydrogens is 148 g/mol. The van der Waals surface area contributed by atoms with E-state index in [1.165, 1.54) is 5.56 Å². The molecule has 0 aromatic heterocycles. The summed E-state index contributed by atoms with van der Waals surface area (Å²) in [4.78, 5) is 3.86. The maximum absolute atomic E-state index is 8.67. The van der Waals surface area contributed by atoms with Crippen LogP contribution in [0.25, 0.3) is 0 Å². The van der Waals surface area contributed by atoms with Crippen LogP contribution in [0.2, 0.25) is 0 Å². The molecule has 60 valence electrons. The number of rotatable bonds is 1. The van der Waals surface area contributed by atoms with Crippen LogP contribution in [0.4, 0.5) is 0 Å². The SMILES string of the molecule is CN=C(C#N)c1ccc(C)cc1. The van der Waals surface area contributed by atoms with Crippen molar-refractivity contribution in [2.24, 2.45) is 4.99 Å². The zero-order valence-electron chi connectivity index (χ0n) is 7.20. The van der Waals surface area contributed by atoms with Gasteiger partial charge in [0.05, 0.1) is 0 Å². The molecule has 0 saturated heterocycles. The molecule has 0 heterocycles. The summed E-state index contributed by atoms with van der Waals surface area (Å²) < 4.78 is 0. The van der Waals surface area contributed by atoms with Crippen LogP contribution in [0.1, 0.15) is 11.1 Å². The number of hydrogen-bond donors (Lipinski definition) is 0. The number of hydrogen-bond acceptors (Lipinski definition) is 2. The molecule has 2 nitrogen and oxygen atoms in total. The third kappa shape index (κ3) is 1.70. The zero-order chi connectivity index (χ0) is 8.97. The van der Waals surface area contributed by atoms with Crippen LogP contribution in [-0.2, 0) is 0 Å². The van der Waals surface area contributed by atoms with Gasteiger partial charge in [-0.3, -0.25) is 4.99 Å². The highest BCUT2D eigenvalue weighted by molar-refractivity contribution is 6.11. The van der Waals surface area contributed by atoms with Crippen molar-refractivity contribution in [3.05, 3.63) is 35.4 Å². The molecule has 1 aromatic carbocycles. The Morgan fingerprint density at radius 3 is 2.33 bits per heavy atom. The first-order valence-electron chi connectivity index (χ1n) is 3.72. The highest BCUT2D eigenvalue weighted by Crippen LogP contribution is 2.03. The van der Waals surface area contributed by atoms with Gasteiger partial charge < -0.3 is 0 Å². The lowest BCUT2D eigenvalue weighted by atomic mass is 10.1. The van der Waals surface area contributed by atoms with Crippen molar-refractivity contribution >= 4 is 5.71 Å². The number of benzene rings is 1. The molecule has 0 fully saturated rings. The van der Waals surface area contributed by atoms with Crippen molar-refractivity contribution < 1.29 is 0 Å². The average Bonchev–Trinajstić information content (AvgIpc) is 2.10. The molecule has 0 bridgehead atoms. The summed E-state index contributed by atoms with van der Waals surface area (Å²) in [6.45, 7) is 2.01. The van der Waals surface area contributed by atoms with E-state index in [1.54, 1.807) is 7.05 Å². The number of nitrogens with zero attached hydrogens (tertiary/aromatic N) is 2. The Kier molecular flexibility index (Phi) is 2.60. The van der Waals surface area contributed by atoms with Gasteiger partial charge in [-0.2, -0.15) is 5.26 Å². The maximum Gasteiger partial charge on any atom is 0.142 e. The summed E-state index contributed by atoms with van der Waals surface area (Å²) >= 11 is 0. The normalized spacial score (nSPS) is 10.9. The van der Waals surface area contributed by atoms with Gasteiger partial charge in [0, 0.05) is 12.6 Å². The Hall–Kier alpha value is -1.62. The summed E-state index contributed by atoms with van der Waals surface area (Å²) in [6, 6.07) is 9.78. The lowest BCUT2D eigenvalue weighted by Crippen LogP contribution is -1.95. The van der Waals surface area contributed by atoms with Crippen LogP contribution in [0, 0.1) is 18.3 Å². The summed E-state index contributed by atoms with van der Waals surface area (Å²) in [5.74, 6) is 0. The third-order valence-corrected chi connectivity index (χ3v) is 1.65. The van der Waals surface area contributed by atoms with Crippen molar-refractivity contribution in [3.63, 3.8) is 0 Å². The largest absolute Gasteiger partial charge is 0.277 e. The Labute approximate surface area is 72.2 Å². The molecule has 0 amide bonds. The summed E-state index contributed by atoms with van der Waals surface area (Å²) in [5.41, 5.74) is 2.55. The van der Waals surface area contributed by atoms with Gasteiger partial charge >= 0.3 is 0 Å². The summed E-state index contributed by atoms with van der Waals surface area (Å²) in [6.07, 6.45) is 0. The first kappa shape index (κ1) is 8.48. The van der Waals surface area contributed by atoms with Gasteiger partial charge in [0.2, 0.25) is 0 Å². The lowest BCUT2D eigenvalue weighted by Gasteiger charge is -1.96. The van der Waals surface area contributed by atoms with E-state index in [1.807, 2.05) is 37.3 Å². The molecule has 0 atom stereocenters. The van der Waals surface area contributed by atoms with Gasteiger partial charge in [-0.05, 0) is 6.92 Å². The molecule has 0 aliphatic carbocycles. The highest BCUT2D eigenvalue weighted by atomic mass is 14.7. The second kappa shape index (κ2) is 3.68. The standard InChI is InChI=1S/C10H10N2/c1-8-3-5-9(6-4-8)10(7-11)12-2/h3-6H,1-2H3. The topological polar surface area (TPSA) is 36.1 Å². The smallest absolute Gasteiger partial charge is 0.142 e. The molecule has 12 heavy (non-hydrogen) atoms. The molecule has 0 aliphatic heterocycles. The second-order valence-corrected chi connectivity index (χ2v) is 2.55. The van der Waals surface area contributed by atoms with Crippen molar-refractivity contribution in [2.75, 3.05) is 7.05 Å². The van der Waals surface area contributed by atoms with E-state index in [-0.39, 0.29) is 0 Å². The van der Waals surface area contributed by atoms with E-state index in [2.05, 4.69) is 4.99 Å². The van der Waals surface area contributed by atoms with E-state index in [0.717, 1.165) is 5.56 Å². The number of aliphatic imine (C=N–C) groups is 1. The van der Waals surface area contributed by atoms with E-state index in [4.69, 9.17) is 5.26 Å². The van der Waals surface area contributed by atoms with E-state index in [9.17, 15) is 0 Å². The summed E-state index contributed by atoms with van der Waals surface area (Å²) in [7, 11) is 1.62. The molecular formula is C10H10N2. The molecule has 0 radical (unpaired) electrons. The van der Waals surface area contributed by atoms with Crippen LogP contribution < -0.4 is 0 Å². The van der Waals surface area contributed by atoms with Crippen LogP contribution in [-0.4, -0.2) is 12.8 Å². The average molecular weight is 158 g/mol. The van der Waals surface area contributed by atoms with Gasteiger partial charge in [-0.1, -0.05) is 29.8 Å². The van der Waals surface area contributed by atoms with E-state index >= 15 is 0 Å². The Morgan fingerprint density at radius 1 is 1.33 bits per heavy atom. The van der Waals surface area contributed by atoms with Crippen molar-refractivity contribution in [3.8, 4) is 6.07 Å². The van der Waals surface area contributed by atoms with Crippen molar-refractivity contribution in [1.82, 2.24) is 0 Å². The van der Waals surface area contributed by atoms with E-state index in [0.29, 0.717) is 5.71 Å². The molecule has 2 heteroatoms. The summed E-state index contributed by atoms with van der Waals surface area (Å²) in [5, 5.41) is 8.67. The minimum atomic E-state index is 0.481. The molecule has 1 aromatic rings. The monoisotopic (exact) mass is 158 g/mol. The fraction of sp³-hybridized carbons (Fsp3) is 0.200. The van der Waals surface area contributed by atoms with Crippen molar-refractivity contribution in [2.45, 2.75) is 6.92 Å². The minimum Gasteiger partial charge on any atom is -0.277 e. The van der Waals surface area contributed by atoms with E-state index < -0.39 is 0 Å². The zero-order valence-corrected chi connectivity index (χ0v) is 7.20. The molecule has 0 unspecified atom stereocenters. The van der Waals surface area contributed by atoms with Crippen LogP contribution >= 0.6 is 0 Å². The quantitative estimate of drug-likeness (QED) is 0.575. The Balaban J connectivity index is 3.06. The Bertz CT molecular complexity index is 328. The predicted molar refractivity (Wildman–Crippen MR) is 49.3 cm³/mol. The Morgan fingerprint density at radius 2 is 1.92 bits per heavy atom. The fourth-order valence-corrected chi connectivity index (χ4v) is 0.955. The lowest BCUT2D eigenvalue weighted by molar-refractivity contribution is 1.41. The number of aryl methyl sites for hydroxylation is 1. The van der Waals surface area contributed by atoms with Gasteiger partial charge in [0.1, 0.15) is 11.8 Å². The van der Waals surface area contributed by atoms with Gasteiger partial charge in [-0.15, -0.1) is 0 Å². The highest BCUT2D eigenvalue weighted by Gasteiger charge is 1.98. The first-order valence-corrected chi connectivity index (χ1v) is 3.72. The molecule has 1 rings (SSSR count). The predicted octanol–water partition coefficient (Wildman–Crippen LogP) is 1.94. The van der Waals surface area contributed by atoms with Gasteiger partial charge in [0.25, 0.3) is 0 Å².